The Balaban J connectivity index is 2.36. The van der Waals surface area contributed by atoms with Crippen LogP contribution in [0.5, 0.6) is 5.75 Å². The Morgan fingerprint density at radius 3 is 2.79 bits per heavy atom. The van der Waals surface area contributed by atoms with E-state index in [4.69, 9.17) is 9.47 Å². The Morgan fingerprint density at radius 2 is 2.11 bits per heavy atom. The number of benzene rings is 1. The lowest BCUT2D eigenvalue weighted by molar-refractivity contribution is -0.143. The molecule has 0 aliphatic heterocycles. The highest BCUT2D eigenvalue weighted by Gasteiger charge is 2.07. The largest absolute Gasteiger partial charge is 0.497 e. The number of rotatable bonds is 7. The summed E-state index contributed by atoms with van der Waals surface area (Å²) in [5.74, 6) is 0.0880. The molecule has 0 atom stereocenters. The van der Waals surface area contributed by atoms with Crippen molar-refractivity contribution < 1.29 is 19.1 Å². The van der Waals surface area contributed by atoms with Crippen molar-refractivity contribution in [2.75, 3.05) is 20.3 Å². The number of hydrogen-bond donors (Lipinski definition) is 1. The molecule has 1 aromatic carbocycles. The number of ether oxygens (including phenoxy) is 2. The minimum Gasteiger partial charge on any atom is -0.497 e. The molecule has 0 fully saturated rings. The summed E-state index contributed by atoms with van der Waals surface area (Å²) in [6, 6.07) is 6.83. The fourth-order valence-corrected chi connectivity index (χ4v) is 1.43. The highest BCUT2D eigenvalue weighted by atomic mass is 16.5. The fourth-order valence-electron chi connectivity index (χ4n) is 1.43. The van der Waals surface area contributed by atoms with Crippen molar-refractivity contribution in [3.05, 3.63) is 29.8 Å². The number of carbonyl (C=O) groups is 2. The SMILES string of the molecule is CCCOC(=O)CCNC(=O)c1cccc(OC)c1. The van der Waals surface area contributed by atoms with Gasteiger partial charge in [-0.1, -0.05) is 13.0 Å². The first-order valence-electron chi connectivity index (χ1n) is 6.25. The Morgan fingerprint density at radius 1 is 1.32 bits per heavy atom. The quantitative estimate of drug-likeness (QED) is 0.763. The zero-order valence-corrected chi connectivity index (χ0v) is 11.3. The van der Waals surface area contributed by atoms with Crippen molar-refractivity contribution in [1.82, 2.24) is 5.32 Å². The summed E-state index contributed by atoms with van der Waals surface area (Å²) in [4.78, 5) is 23.0. The molecule has 5 nitrogen and oxygen atoms in total. The number of hydrogen-bond acceptors (Lipinski definition) is 4. The van der Waals surface area contributed by atoms with Gasteiger partial charge >= 0.3 is 5.97 Å². The van der Waals surface area contributed by atoms with Crippen LogP contribution >= 0.6 is 0 Å². The van der Waals surface area contributed by atoms with Crippen LogP contribution < -0.4 is 10.1 Å². The Labute approximate surface area is 112 Å². The number of esters is 1. The first kappa shape index (κ1) is 15.0. The molecule has 0 unspecified atom stereocenters. The van der Waals surface area contributed by atoms with Crippen LogP contribution in [-0.4, -0.2) is 32.1 Å². The molecule has 0 radical (unpaired) electrons. The monoisotopic (exact) mass is 265 g/mol. The third-order valence-electron chi connectivity index (χ3n) is 2.41. The van der Waals surface area contributed by atoms with Crippen LogP contribution in [0.3, 0.4) is 0 Å². The summed E-state index contributed by atoms with van der Waals surface area (Å²) < 4.78 is 9.94. The lowest BCUT2D eigenvalue weighted by atomic mass is 10.2. The average Bonchev–Trinajstić information content (AvgIpc) is 2.45. The second-order valence-corrected chi connectivity index (χ2v) is 3.96. The van der Waals surface area contributed by atoms with Crippen LogP contribution in [0.25, 0.3) is 0 Å². The highest BCUT2D eigenvalue weighted by Crippen LogP contribution is 2.12. The van der Waals surface area contributed by atoms with Crippen LogP contribution in [0.1, 0.15) is 30.1 Å². The Bertz CT molecular complexity index is 431. The molecule has 1 amide bonds. The van der Waals surface area contributed by atoms with Gasteiger partial charge in [0, 0.05) is 12.1 Å². The predicted octanol–water partition coefficient (Wildman–Crippen LogP) is 1.77. The van der Waals surface area contributed by atoms with Crippen molar-refractivity contribution in [3.63, 3.8) is 0 Å². The van der Waals surface area contributed by atoms with Gasteiger partial charge in [-0.3, -0.25) is 9.59 Å². The van der Waals surface area contributed by atoms with E-state index in [1.165, 1.54) is 0 Å². The summed E-state index contributed by atoms with van der Waals surface area (Å²) in [6.45, 7) is 2.61. The molecular weight excluding hydrogens is 246 g/mol. The van der Waals surface area contributed by atoms with Crippen LogP contribution in [0.15, 0.2) is 24.3 Å². The van der Waals surface area contributed by atoms with E-state index < -0.39 is 0 Å². The van der Waals surface area contributed by atoms with Gasteiger partial charge in [-0.25, -0.2) is 0 Å². The van der Waals surface area contributed by atoms with Crippen molar-refractivity contribution in [3.8, 4) is 5.75 Å². The van der Waals surface area contributed by atoms with Gasteiger partial charge in [-0.2, -0.15) is 0 Å². The molecule has 0 saturated heterocycles. The van der Waals surface area contributed by atoms with Gasteiger partial charge in [-0.15, -0.1) is 0 Å². The molecule has 0 aliphatic carbocycles. The van der Waals surface area contributed by atoms with E-state index in [1.807, 2.05) is 6.92 Å². The molecule has 0 bridgehead atoms. The lowest BCUT2D eigenvalue weighted by Gasteiger charge is -2.06. The topological polar surface area (TPSA) is 64.6 Å². The molecule has 0 heterocycles. The Kier molecular flexibility index (Phi) is 6.43. The maximum absolute atomic E-state index is 11.8. The fraction of sp³-hybridized carbons (Fsp3) is 0.429. The van der Waals surface area contributed by atoms with E-state index in [9.17, 15) is 9.59 Å². The van der Waals surface area contributed by atoms with Gasteiger partial charge in [-0.05, 0) is 24.6 Å². The second-order valence-electron chi connectivity index (χ2n) is 3.96. The molecule has 19 heavy (non-hydrogen) atoms. The Hall–Kier alpha value is -2.04. The first-order valence-corrected chi connectivity index (χ1v) is 6.25. The van der Waals surface area contributed by atoms with Crippen molar-refractivity contribution in [1.29, 1.82) is 0 Å². The van der Waals surface area contributed by atoms with Gasteiger partial charge in [0.25, 0.3) is 5.91 Å². The second kappa shape index (κ2) is 8.13. The molecule has 1 aromatic rings. The van der Waals surface area contributed by atoms with Crippen LogP contribution in [0.2, 0.25) is 0 Å². The first-order chi connectivity index (χ1) is 9.17. The van der Waals surface area contributed by atoms with E-state index >= 15 is 0 Å². The van der Waals surface area contributed by atoms with E-state index in [-0.39, 0.29) is 24.8 Å². The molecule has 0 aliphatic rings. The van der Waals surface area contributed by atoms with E-state index in [1.54, 1.807) is 31.4 Å². The summed E-state index contributed by atoms with van der Waals surface area (Å²) in [5.41, 5.74) is 0.501. The maximum Gasteiger partial charge on any atom is 0.307 e. The van der Waals surface area contributed by atoms with E-state index in [0.29, 0.717) is 17.9 Å². The zero-order chi connectivity index (χ0) is 14.1. The van der Waals surface area contributed by atoms with Gasteiger partial charge < -0.3 is 14.8 Å². The summed E-state index contributed by atoms with van der Waals surface area (Å²) >= 11 is 0. The smallest absolute Gasteiger partial charge is 0.307 e. The number of carbonyl (C=O) groups excluding carboxylic acids is 2. The summed E-state index contributed by atoms with van der Waals surface area (Å²) in [5, 5.41) is 2.66. The van der Waals surface area contributed by atoms with E-state index in [0.717, 1.165) is 6.42 Å². The van der Waals surface area contributed by atoms with Crippen molar-refractivity contribution >= 4 is 11.9 Å². The van der Waals surface area contributed by atoms with Gasteiger partial charge in [0.1, 0.15) is 5.75 Å². The van der Waals surface area contributed by atoms with E-state index in [2.05, 4.69) is 5.32 Å². The van der Waals surface area contributed by atoms with Gasteiger partial charge in [0.2, 0.25) is 0 Å². The zero-order valence-electron chi connectivity index (χ0n) is 11.3. The maximum atomic E-state index is 11.8. The third kappa shape index (κ3) is 5.42. The number of nitrogens with one attached hydrogen (secondary N) is 1. The standard InChI is InChI=1S/C14H19NO4/c1-3-9-19-13(16)7-8-15-14(17)11-5-4-6-12(10-11)18-2/h4-6,10H,3,7-9H2,1-2H3,(H,15,17). The molecule has 0 saturated carbocycles. The predicted molar refractivity (Wildman–Crippen MR) is 71.2 cm³/mol. The van der Waals surface area contributed by atoms with Gasteiger partial charge in [0.15, 0.2) is 0 Å². The summed E-state index contributed by atoms with van der Waals surface area (Å²) in [7, 11) is 1.54. The van der Waals surface area contributed by atoms with Crippen molar-refractivity contribution in [2.45, 2.75) is 19.8 Å². The number of methoxy groups -OCH3 is 1. The molecular formula is C14H19NO4. The van der Waals surface area contributed by atoms with Crippen molar-refractivity contribution in [2.24, 2.45) is 0 Å². The highest BCUT2D eigenvalue weighted by molar-refractivity contribution is 5.94. The number of amides is 1. The average molecular weight is 265 g/mol. The van der Waals surface area contributed by atoms with Crippen LogP contribution in [0, 0.1) is 0 Å². The third-order valence-corrected chi connectivity index (χ3v) is 2.41. The van der Waals surface area contributed by atoms with Crippen LogP contribution in [-0.2, 0) is 9.53 Å². The minimum absolute atomic E-state index is 0.176. The molecule has 1 N–H and O–H groups in total. The lowest BCUT2D eigenvalue weighted by Crippen LogP contribution is -2.26. The van der Waals surface area contributed by atoms with Gasteiger partial charge in [0.05, 0.1) is 20.1 Å². The summed E-state index contributed by atoms with van der Waals surface area (Å²) in [6.07, 6.45) is 0.970. The normalized spacial score (nSPS) is 9.79. The van der Waals surface area contributed by atoms with Crippen LogP contribution in [0.4, 0.5) is 0 Å². The molecule has 0 spiro atoms. The minimum atomic E-state index is -0.298. The molecule has 1 rings (SSSR count). The molecule has 104 valence electrons. The molecule has 0 aromatic heterocycles. The molecule has 5 heteroatoms.